The summed E-state index contributed by atoms with van der Waals surface area (Å²) in [6.45, 7) is 5.18. The predicted molar refractivity (Wildman–Crippen MR) is 35.5 cm³/mol. The standard InChI is InChI=1S/C5H9O4S/c1-4(5(2,3)6)10(7,8)9/h1H2,2-3H3,(H,7,8,9). The van der Waals surface area contributed by atoms with Crippen LogP contribution in [0.5, 0.6) is 0 Å². The van der Waals surface area contributed by atoms with Crippen molar-refractivity contribution in [2.24, 2.45) is 0 Å². The maximum Gasteiger partial charge on any atom is 0.293 e. The minimum Gasteiger partial charge on any atom is -0.282 e. The van der Waals surface area contributed by atoms with Gasteiger partial charge in [0, 0.05) is 0 Å². The van der Waals surface area contributed by atoms with Crippen LogP contribution >= 0.6 is 0 Å². The third-order valence-electron chi connectivity index (χ3n) is 0.983. The largest absolute Gasteiger partial charge is 0.293 e. The molecule has 1 N–H and O–H groups in total. The van der Waals surface area contributed by atoms with Gasteiger partial charge in [-0.2, -0.15) is 8.42 Å². The van der Waals surface area contributed by atoms with E-state index in [0.717, 1.165) is 13.8 Å². The van der Waals surface area contributed by atoms with E-state index in [4.69, 9.17) is 4.55 Å². The van der Waals surface area contributed by atoms with Gasteiger partial charge >= 0.3 is 0 Å². The molecule has 5 heteroatoms. The lowest BCUT2D eigenvalue weighted by Gasteiger charge is -2.13. The molecule has 0 saturated carbocycles. The summed E-state index contributed by atoms with van der Waals surface area (Å²) >= 11 is 0. The molecular formula is C5H9O4S. The number of hydrogen-bond acceptors (Lipinski definition) is 2. The summed E-state index contributed by atoms with van der Waals surface area (Å²) in [4.78, 5) is -0.708. The Kier molecular flexibility index (Phi) is 2.24. The highest BCUT2D eigenvalue weighted by Crippen LogP contribution is 2.18. The Morgan fingerprint density at radius 3 is 1.80 bits per heavy atom. The first-order valence-corrected chi connectivity index (χ1v) is 3.97. The summed E-state index contributed by atoms with van der Waals surface area (Å²) in [7, 11) is -4.37. The molecular weight excluding hydrogens is 156 g/mol. The zero-order valence-electron chi connectivity index (χ0n) is 5.79. The second-order valence-corrected chi connectivity index (χ2v) is 3.85. The van der Waals surface area contributed by atoms with E-state index in [-0.39, 0.29) is 0 Å². The molecule has 0 rings (SSSR count). The van der Waals surface area contributed by atoms with E-state index in [9.17, 15) is 13.5 Å². The van der Waals surface area contributed by atoms with Gasteiger partial charge in [0.05, 0.1) is 4.91 Å². The third-order valence-corrected chi connectivity index (χ3v) is 2.10. The van der Waals surface area contributed by atoms with E-state index >= 15 is 0 Å². The van der Waals surface area contributed by atoms with Crippen molar-refractivity contribution in [1.82, 2.24) is 0 Å². The van der Waals surface area contributed by atoms with E-state index in [1.54, 1.807) is 0 Å². The maximum absolute atomic E-state index is 10.8. The van der Waals surface area contributed by atoms with Gasteiger partial charge in [0.25, 0.3) is 10.1 Å². The molecule has 10 heavy (non-hydrogen) atoms. The lowest BCUT2D eigenvalue weighted by Crippen LogP contribution is -2.24. The molecule has 0 heterocycles. The van der Waals surface area contributed by atoms with Crippen molar-refractivity contribution in [3.05, 3.63) is 11.5 Å². The van der Waals surface area contributed by atoms with E-state index in [1.165, 1.54) is 0 Å². The van der Waals surface area contributed by atoms with Gasteiger partial charge in [0.1, 0.15) is 5.60 Å². The molecule has 0 aromatic heterocycles. The monoisotopic (exact) mass is 165 g/mol. The lowest BCUT2D eigenvalue weighted by atomic mass is 10.1. The lowest BCUT2D eigenvalue weighted by molar-refractivity contribution is 0.0441. The Balaban J connectivity index is 4.75. The molecule has 0 unspecified atom stereocenters. The van der Waals surface area contributed by atoms with Crippen molar-refractivity contribution < 1.29 is 18.1 Å². The van der Waals surface area contributed by atoms with E-state index in [2.05, 4.69) is 6.58 Å². The van der Waals surface area contributed by atoms with Crippen molar-refractivity contribution in [3.63, 3.8) is 0 Å². The molecule has 0 aromatic rings. The topological polar surface area (TPSA) is 74.3 Å². The highest BCUT2D eigenvalue weighted by atomic mass is 32.2. The maximum atomic E-state index is 10.8. The fraction of sp³-hybridized carbons (Fsp3) is 0.600. The van der Waals surface area contributed by atoms with Crippen LogP contribution in [0.3, 0.4) is 0 Å². The zero-order chi connectivity index (χ0) is 8.58. The Morgan fingerprint density at radius 2 is 1.80 bits per heavy atom. The van der Waals surface area contributed by atoms with Crippen LogP contribution < -0.4 is 0 Å². The van der Waals surface area contributed by atoms with Crippen LogP contribution in [0.25, 0.3) is 0 Å². The molecule has 0 saturated heterocycles. The smallest absolute Gasteiger partial charge is 0.282 e. The highest BCUT2D eigenvalue weighted by Gasteiger charge is 2.29. The van der Waals surface area contributed by atoms with E-state index < -0.39 is 20.6 Å². The minimum atomic E-state index is -4.37. The molecule has 0 bridgehead atoms. The van der Waals surface area contributed by atoms with Gasteiger partial charge in [-0.25, -0.2) is 5.11 Å². The minimum absolute atomic E-state index is 0.708. The second-order valence-electron chi connectivity index (χ2n) is 2.41. The fourth-order valence-electron chi connectivity index (χ4n) is 0.311. The van der Waals surface area contributed by atoms with Crippen molar-refractivity contribution in [2.75, 3.05) is 0 Å². The van der Waals surface area contributed by atoms with Crippen molar-refractivity contribution in [3.8, 4) is 0 Å². The first-order valence-electron chi connectivity index (χ1n) is 2.53. The van der Waals surface area contributed by atoms with Crippen LogP contribution in [0.15, 0.2) is 11.5 Å². The Hall–Kier alpha value is -0.390. The zero-order valence-corrected chi connectivity index (χ0v) is 6.60. The predicted octanol–water partition coefficient (Wildman–Crippen LogP) is 0.597. The highest BCUT2D eigenvalue weighted by molar-refractivity contribution is 7.89. The summed E-state index contributed by atoms with van der Waals surface area (Å²) in [5.74, 6) is 0. The number of hydrogen-bond donors (Lipinski definition) is 1. The van der Waals surface area contributed by atoms with Gasteiger partial charge < -0.3 is 0 Å². The van der Waals surface area contributed by atoms with Gasteiger partial charge in [-0.15, -0.1) is 0 Å². The average molecular weight is 165 g/mol. The van der Waals surface area contributed by atoms with Crippen LogP contribution in [0, 0.1) is 0 Å². The SMILES string of the molecule is C=C(C(C)(C)[O])S(=O)(=O)O. The molecule has 4 nitrogen and oxygen atoms in total. The second kappa shape index (κ2) is 2.34. The molecule has 0 spiro atoms. The molecule has 0 aromatic carbocycles. The van der Waals surface area contributed by atoms with Gasteiger partial charge in [0.15, 0.2) is 0 Å². The summed E-state index contributed by atoms with van der Waals surface area (Å²) in [6, 6.07) is 0. The normalized spacial score (nSPS) is 13.2. The van der Waals surface area contributed by atoms with Crippen LogP contribution in [0.4, 0.5) is 0 Å². The summed E-state index contributed by atoms with van der Waals surface area (Å²) in [5.41, 5.74) is -1.84. The molecule has 0 amide bonds. The number of rotatable bonds is 2. The fourth-order valence-corrected chi connectivity index (χ4v) is 0.932. The van der Waals surface area contributed by atoms with Crippen molar-refractivity contribution in [2.45, 2.75) is 19.4 Å². The average Bonchev–Trinajstić information content (AvgIpc) is 1.59. The van der Waals surface area contributed by atoms with Crippen LogP contribution in [0.2, 0.25) is 0 Å². The van der Waals surface area contributed by atoms with Crippen LogP contribution in [-0.2, 0) is 15.2 Å². The Labute approximate surface area is 59.9 Å². The van der Waals surface area contributed by atoms with Crippen LogP contribution in [-0.4, -0.2) is 18.6 Å². The third kappa shape index (κ3) is 2.47. The van der Waals surface area contributed by atoms with Crippen LogP contribution in [0.1, 0.15) is 13.8 Å². The van der Waals surface area contributed by atoms with E-state index in [1.807, 2.05) is 0 Å². The van der Waals surface area contributed by atoms with Gasteiger partial charge in [-0.3, -0.25) is 4.55 Å². The molecule has 0 aliphatic carbocycles. The van der Waals surface area contributed by atoms with Crippen molar-refractivity contribution in [1.29, 1.82) is 0 Å². The summed E-state index contributed by atoms with van der Waals surface area (Å²) in [5, 5.41) is 10.8. The molecule has 59 valence electrons. The summed E-state index contributed by atoms with van der Waals surface area (Å²) in [6.07, 6.45) is 0. The quantitative estimate of drug-likeness (QED) is 0.609. The molecule has 1 radical (unpaired) electrons. The Morgan fingerprint density at radius 1 is 1.50 bits per heavy atom. The van der Waals surface area contributed by atoms with Gasteiger partial charge in [-0.05, 0) is 13.8 Å². The van der Waals surface area contributed by atoms with E-state index in [0.29, 0.717) is 0 Å². The van der Waals surface area contributed by atoms with Crippen molar-refractivity contribution >= 4 is 10.1 Å². The first kappa shape index (κ1) is 9.61. The molecule has 0 aliphatic rings. The molecule has 0 aliphatic heterocycles. The van der Waals surface area contributed by atoms with Gasteiger partial charge in [-0.1, -0.05) is 6.58 Å². The summed E-state index contributed by atoms with van der Waals surface area (Å²) < 4.78 is 28.8. The molecule has 0 atom stereocenters. The first-order chi connectivity index (χ1) is 4.15. The van der Waals surface area contributed by atoms with Gasteiger partial charge in [0.2, 0.25) is 0 Å². The Bertz CT molecular complexity index is 231. The molecule has 0 fully saturated rings.